The van der Waals surface area contributed by atoms with E-state index in [1.54, 1.807) is 11.4 Å². The van der Waals surface area contributed by atoms with Crippen molar-refractivity contribution in [3.05, 3.63) is 33.6 Å². The monoisotopic (exact) mass is 318 g/mol. The number of carbonyl (C=O) groups is 1. The van der Waals surface area contributed by atoms with Gasteiger partial charge in [0.15, 0.2) is 5.69 Å². The number of carboxylic acids is 1. The maximum Gasteiger partial charge on any atom is 0.355 e. The van der Waals surface area contributed by atoms with Crippen molar-refractivity contribution in [3.8, 4) is 0 Å². The van der Waals surface area contributed by atoms with Crippen LogP contribution in [0.4, 0.5) is 0 Å². The van der Waals surface area contributed by atoms with Crippen LogP contribution in [0, 0.1) is 0 Å². The molecule has 0 aliphatic rings. The molecule has 2 aromatic rings. The highest BCUT2D eigenvalue weighted by molar-refractivity contribution is 7.91. The lowest BCUT2D eigenvalue weighted by molar-refractivity contribution is 0.0691. The Labute approximate surface area is 117 Å². The lowest BCUT2D eigenvalue weighted by atomic mass is 10.4. The van der Waals surface area contributed by atoms with Crippen molar-refractivity contribution in [2.45, 2.75) is 10.6 Å². The van der Waals surface area contributed by atoms with Crippen molar-refractivity contribution in [1.82, 2.24) is 9.71 Å². The summed E-state index contributed by atoms with van der Waals surface area (Å²) in [6.45, 7) is 0.187. The van der Waals surface area contributed by atoms with Crippen LogP contribution in [0.3, 0.4) is 0 Å². The smallest absolute Gasteiger partial charge is 0.355 e. The van der Waals surface area contributed by atoms with Crippen molar-refractivity contribution in [2.75, 3.05) is 6.54 Å². The molecule has 0 aliphatic carbocycles. The first-order chi connectivity index (χ1) is 8.99. The summed E-state index contributed by atoms with van der Waals surface area (Å²) in [4.78, 5) is 14.5. The summed E-state index contributed by atoms with van der Waals surface area (Å²) in [6.07, 6.45) is 0.364. The van der Waals surface area contributed by atoms with Crippen LogP contribution in [0.1, 0.15) is 15.5 Å². The molecule has 6 nitrogen and oxygen atoms in total. The van der Waals surface area contributed by atoms with Crippen LogP contribution >= 0.6 is 22.7 Å². The molecular formula is C10H10N2O4S3. The van der Waals surface area contributed by atoms with Crippen LogP contribution in [0.25, 0.3) is 0 Å². The van der Waals surface area contributed by atoms with E-state index in [4.69, 9.17) is 5.11 Å². The predicted molar refractivity (Wildman–Crippen MR) is 72.3 cm³/mol. The summed E-state index contributed by atoms with van der Waals surface area (Å²) >= 11 is 2.34. The molecule has 0 aliphatic heterocycles. The van der Waals surface area contributed by atoms with Crippen LogP contribution in [0.2, 0.25) is 0 Å². The zero-order valence-corrected chi connectivity index (χ0v) is 12.0. The fourth-order valence-corrected chi connectivity index (χ4v) is 4.15. The summed E-state index contributed by atoms with van der Waals surface area (Å²) < 4.78 is 26.3. The van der Waals surface area contributed by atoms with Gasteiger partial charge in [0.2, 0.25) is 10.0 Å². The molecule has 19 heavy (non-hydrogen) atoms. The molecule has 0 atom stereocenters. The Kier molecular flexibility index (Phi) is 4.30. The highest BCUT2D eigenvalue weighted by atomic mass is 32.2. The minimum absolute atomic E-state index is 0.0129. The molecule has 0 unspecified atom stereocenters. The molecule has 0 spiro atoms. The molecule has 0 fully saturated rings. The molecule has 0 aromatic carbocycles. The van der Waals surface area contributed by atoms with Crippen LogP contribution in [0.5, 0.6) is 0 Å². The van der Waals surface area contributed by atoms with Gasteiger partial charge >= 0.3 is 5.97 Å². The SMILES string of the molecule is O=C(O)c1csc(CCNS(=O)(=O)c2cccs2)n1. The third kappa shape index (κ3) is 3.60. The molecule has 0 saturated heterocycles. The number of aromatic nitrogens is 1. The van der Waals surface area contributed by atoms with Crippen molar-refractivity contribution < 1.29 is 18.3 Å². The molecule has 0 saturated carbocycles. The minimum atomic E-state index is -3.47. The molecule has 0 radical (unpaired) electrons. The summed E-state index contributed by atoms with van der Waals surface area (Å²) in [6, 6.07) is 3.19. The summed E-state index contributed by atoms with van der Waals surface area (Å²) in [7, 11) is -3.47. The third-order valence-corrected chi connectivity index (χ3v) is 5.93. The number of aromatic carboxylic acids is 1. The Morgan fingerprint density at radius 1 is 1.42 bits per heavy atom. The maximum atomic E-state index is 11.8. The van der Waals surface area contributed by atoms with Crippen LogP contribution in [-0.2, 0) is 16.4 Å². The zero-order chi connectivity index (χ0) is 13.9. The van der Waals surface area contributed by atoms with E-state index in [0.717, 1.165) is 11.3 Å². The highest BCUT2D eigenvalue weighted by Crippen LogP contribution is 2.15. The third-order valence-electron chi connectivity index (χ3n) is 2.16. The number of carboxylic acid groups (broad SMARTS) is 1. The average Bonchev–Trinajstić information content (AvgIpc) is 3.00. The van der Waals surface area contributed by atoms with Gasteiger partial charge in [-0.2, -0.15) is 0 Å². The van der Waals surface area contributed by atoms with E-state index < -0.39 is 16.0 Å². The number of hydrogen-bond donors (Lipinski definition) is 2. The van der Waals surface area contributed by atoms with Crippen molar-refractivity contribution in [1.29, 1.82) is 0 Å². The van der Waals surface area contributed by atoms with Gasteiger partial charge in [-0.05, 0) is 11.4 Å². The maximum absolute atomic E-state index is 11.8. The second-order valence-electron chi connectivity index (χ2n) is 3.51. The van der Waals surface area contributed by atoms with Gasteiger partial charge in [-0.1, -0.05) is 6.07 Å². The standard InChI is InChI=1S/C10H10N2O4S3/c13-10(14)7-6-18-8(12-7)3-4-11-19(15,16)9-2-1-5-17-9/h1-2,5-6,11H,3-4H2,(H,13,14). The molecule has 2 heterocycles. The summed E-state index contributed by atoms with van der Waals surface area (Å²) in [5.41, 5.74) is -0.0129. The van der Waals surface area contributed by atoms with E-state index in [1.807, 2.05) is 0 Å². The lowest BCUT2D eigenvalue weighted by Gasteiger charge is -2.02. The number of rotatable bonds is 6. The zero-order valence-electron chi connectivity index (χ0n) is 9.57. The molecule has 2 rings (SSSR count). The molecule has 9 heteroatoms. The van der Waals surface area contributed by atoms with Gasteiger partial charge in [-0.25, -0.2) is 22.9 Å². The van der Waals surface area contributed by atoms with Crippen molar-refractivity contribution in [2.24, 2.45) is 0 Å². The van der Waals surface area contributed by atoms with E-state index >= 15 is 0 Å². The normalized spacial score (nSPS) is 11.6. The Bertz CT molecular complexity index is 661. The van der Waals surface area contributed by atoms with Crippen LogP contribution in [-0.4, -0.2) is 31.0 Å². The number of sulfonamides is 1. The van der Waals surface area contributed by atoms with Gasteiger partial charge in [-0.3, -0.25) is 0 Å². The molecule has 2 aromatic heterocycles. The van der Waals surface area contributed by atoms with Crippen molar-refractivity contribution >= 4 is 38.7 Å². The Hall–Kier alpha value is -1.29. The average molecular weight is 318 g/mol. The van der Waals surface area contributed by atoms with E-state index in [0.29, 0.717) is 11.4 Å². The second kappa shape index (κ2) is 5.78. The Morgan fingerprint density at radius 3 is 2.79 bits per heavy atom. The van der Waals surface area contributed by atoms with Gasteiger partial charge in [0.05, 0.1) is 5.01 Å². The van der Waals surface area contributed by atoms with E-state index in [9.17, 15) is 13.2 Å². The van der Waals surface area contributed by atoms with Gasteiger partial charge in [0.25, 0.3) is 0 Å². The van der Waals surface area contributed by atoms with Gasteiger partial charge in [0.1, 0.15) is 4.21 Å². The van der Waals surface area contributed by atoms with Gasteiger partial charge in [-0.15, -0.1) is 22.7 Å². The number of hydrogen-bond acceptors (Lipinski definition) is 6. The molecule has 102 valence electrons. The largest absolute Gasteiger partial charge is 0.476 e. The Morgan fingerprint density at radius 2 is 2.21 bits per heavy atom. The van der Waals surface area contributed by atoms with E-state index in [1.165, 1.54) is 22.8 Å². The summed E-state index contributed by atoms with van der Waals surface area (Å²) in [5, 5.41) is 12.4. The number of nitrogens with one attached hydrogen (secondary N) is 1. The molecule has 0 bridgehead atoms. The van der Waals surface area contributed by atoms with Crippen LogP contribution in [0.15, 0.2) is 27.1 Å². The lowest BCUT2D eigenvalue weighted by Crippen LogP contribution is -2.25. The number of thiazole rings is 1. The first-order valence-corrected chi connectivity index (χ1v) is 8.44. The highest BCUT2D eigenvalue weighted by Gasteiger charge is 2.15. The number of thiophene rings is 1. The molecule has 0 amide bonds. The van der Waals surface area contributed by atoms with Crippen LogP contribution < -0.4 is 4.72 Å². The second-order valence-corrected chi connectivity index (χ2v) is 7.40. The van der Waals surface area contributed by atoms with Gasteiger partial charge in [0, 0.05) is 18.3 Å². The van der Waals surface area contributed by atoms with Gasteiger partial charge < -0.3 is 5.11 Å². The fourth-order valence-electron chi connectivity index (χ4n) is 1.30. The first-order valence-electron chi connectivity index (χ1n) is 5.20. The molecular weight excluding hydrogens is 308 g/mol. The van der Waals surface area contributed by atoms with Crippen molar-refractivity contribution in [3.63, 3.8) is 0 Å². The predicted octanol–water partition coefficient (Wildman–Crippen LogP) is 1.42. The minimum Gasteiger partial charge on any atom is -0.476 e. The summed E-state index contributed by atoms with van der Waals surface area (Å²) in [5.74, 6) is -1.08. The molecule has 2 N–H and O–H groups in total. The van der Waals surface area contributed by atoms with E-state index in [-0.39, 0.29) is 16.4 Å². The quantitative estimate of drug-likeness (QED) is 0.840. The fraction of sp³-hybridized carbons (Fsp3) is 0.200. The topological polar surface area (TPSA) is 96.4 Å². The number of nitrogens with zero attached hydrogens (tertiary/aromatic N) is 1. The van der Waals surface area contributed by atoms with E-state index in [2.05, 4.69) is 9.71 Å². The Balaban J connectivity index is 1.91. The first kappa shape index (κ1) is 14.1.